The second-order valence-electron chi connectivity index (χ2n) is 2.69. The van der Waals surface area contributed by atoms with Gasteiger partial charge in [0.05, 0.1) is 6.54 Å². The lowest BCUT2D eigenvalue weighted by Crippen LogP contribution is -2.15. The summed E-state index contributed by atoms with van der Waals surface area (Å²) >= 11 is 0. The minimum Gasteiger partial charge on any atom is -0.368 e. The topological polar surface area (TPSA) is 117 Å². The lowest BCUT2D eigenvalue weighted by atomic mass is 10.6. The molecular formula is C6H10N8. The summed E-state index contributed by atoms with van der Waals surface area (Å²) in [5.74, 6) is 0.923. The Bertz CT molecular complexity index is 366. The van der Waals surface area contributed by atoms with E-state index in [1.165, 1.54) is 0 Å². The average molecular weight is 194 g/mol. The molecule has 1 aromatic heterocycles. The normalized spacial score (nSPS) is 9.29. The molecule has 0 aliphatic heterocycles. The minimum atomic E-state index is 0.0735. The standard InChI is InChI=1S/C6H10N8/c1-14(2)6-11-4(3-9-13-8)10-5(7)12-6/h3H2,1-2H3,(H2,7,10,11,12). The molecule has 8 nitrogen and oxygen atoms in total. The van der Waals surface area contributed by atoms with Crippen LogP contribution < -0.4 is 10.6 Å². The zero-order valence-electron chi connectivity index (χ0n) is 7.91. The van der Waals surface area contributed by atoms with Crippen molar-refractivity contribution in [2.75, 3.05) is 24.7 Å². The van der Waals surface area contributed by atoms with Crippen LogP contribution in [0.15, 0.2) is 5.11 Å². The molecule has 1 aromatic rings. The van der Waals surface area contributed by atoms with Crippen LogP contribution in [0, 0.1) is 0 Å². The van der Waals surface area contributed by atoms with Crippen molar-refractivity contribution < 1.29 is 0 Å². The number of azide groups is 1. The van der Waals surface area contributed by atoms with Crippen LogP contribution in [-0.2, 0) is 6.54 Å². The Labute approximate surface area is 80.4 Å². The van der Waals surface area contributed by atoms with Gasteiger partial charge in [0.15, 0.2) is 0 Å². The number of nitrogens with two attached hydrogens (primary N) is 1. The van der Waals surface area contributed by atoms with E-state index in [9.17, 15) is 0 Å². The number of rotatable bonds is 3. The molecule has 0 aliphatic rings. The van der Waals surface area contributed by atoms with E-state index in [1.54, 1.807) is 19.0 Å². The molecule has 0 radical (unpaired) electrons. The molecule has 14 heavy (non-hydrogen) atoms. The molecule has 0 aromatic carbocycles. The molecule has 0 saturated heterocycles. The van der Waals surface area contributed by atoms with Crippen LogP contribution in [0.5, 0.6) is 0 Å². The van der Waals surface area contributed by atoms with Crippen molar-refractivity contribution in [3.63, 3.8) is 0 Å². The Balaban J connectivity index is 3.00. The summed E-state index contributed by atoms with van der Waals surface area (Å²) in [6.45, 7) is 0.0735. The minimum absolute atomic E-state index is 0.0735. The lowest BCUT2D eigenvalue weighted by Gasteiger charge is -2.10. The molecule has 74 valence electrons. The van der Waals surface area contributed by atoms with E-state index in [4.69, 9.17) is 11.3 Å². The van der Waals surface area contributed by atoms with Gasteiger partial charge in [-0.25, -0.2) is 0 Å². The van der Waals surface area contributed by atoms with E-state index in [0.717, 1.165) is 0 Å². The predicted octanol–water partition coefficient (Wildman–Crippen LogP) is 0.330. The van der Waals surface area contributed by atoms with E-state index < -0.39 is 0 Å². The predicted molar refractivity (Wildman–Crippen MR) is 51.4 cm³/mol. The molecule has 0 unspecified atom stereocenters. The van der Waals surface area contributed by atoms with E-state index in [2.05, 4.69) is 25.0 Å². The summed E-state index contributed by atoms with van der Waals surface area (Å²) in [6, 6.07) is 0. The van der Waals surface area contributed by atoms with Gasteiger partial charge in [0.1, 0.15) is 5.82 Å². The van der Waals surface area contributed by atoms with Gasteiger partial charge in [-0.05, 0) is 5.53 Å². The van der Waals surface area contributed by atoms with Gasteiger partial charge in [0, 0.05) is 19.0 Å². The van der Waals surface area contributed by atoms with Gasteiger partial charge in [-0.2, -0.15) is 15.0 Å². The van der Waals surface area contributed by atoms with Crippen LogP contribution in [0.4, 0.5) is 11.9 Å². The Kier molecular flexibility index (Phi) is 3.03. The molecule has 1 rings (SSSR count). The highest BCUT2D eigenvalue weighted by Gasteiger charge is 2.04. The fourth-order valence-electron chi connectivity index (χ4n) is 0.791. The smallest absolute Gasteiger partial charge is 0.229 e. The van der Waals surface area contributed by atoms with Crippen molar-refractivity contribution >= 4 is 11.9 Å². The molecule has 2 N–H and O–H groups in total. The van der Waals surface area contributed by atoms with Crippen LogP contribution in [0.3, 0.4) is 0 Å². The largest absolute Gasteiger partial charge is 0.368 e. The SMILES string of the molecule is CN(C)c1nc(N)nc(CN=[N+]=[N-])n1. The molecule has 8 heteroatoms. The second-order valence-corrected chi connectivity index (χ2v) is 2.69. The molecular weight excluding hydrogens is 184 g/mol. The second kappa shape index (κ2) is 4.24. The first-order valence-corrected chi connectivity index (χ1v) is 3.82. The highest BCUT2D eigenvalue weighted by molar-refractivity contribution is 5.32. The van der Waals surface area contributed by atoms with Gasteiger partial charge in [-0.3, -0.25) is 0 Å². The maximum atomic E-state index is 8.12. The first-order chi connectivity index (χ1) is 6.63. The number of hydrogen-bond donors (Lipinski definition) is 1. The van der Waals surface area contributed by atoms with E-state index in [-0.39, 0.29) is 12.5 Å². The maximum absolute atomic E-state index is 8.12. The molecule has 0 spiro atoms. The number of nitrogen functional groups attached to an aromatic ring is 1. The molecule has 0 atom stereocenters. The monoisotopic (exact) mass is 194 g/mol. The van der Waals surface area contributed by atoms with Gasteiger partial charge >= 0.3 is 0 Å². The summed E-state index contributed by atoms with van der Waals surface area (Å²) in [5, 5.41) is 3.34. The van der Waals surface area contributed by atoms with Gasteiger partial charge in [0.25, 0.3) is 0 Å². The van der Waals surface area contributed by atoms with Gasteiger partial charge in [-0.15, -0.1) is 0 Å². The molecule has 0 amide bonds. The van der Waals surface area contributed by atoms with Gasteiger partial charge < -0.3 is 10.6 Å². The summed E-state index contributed by atoms with van der Waals surface area (Å²) in [5.41, 5.74) is 13.6. The van der Waals surface area contributed by atoms with E-state index in [1.807, 2.05) is 0 Å². The van der Waals surface area contributed by atoms with Crippen LogP contribution in [0.1, 0.15) is 5.82 Å². The first kappa shape index (κ1) is 10.0. The van der Waals surface area contributed by atoms with Crippen LogP contribution in [0.2, 0.25) is 0 Å². The maximum Gasteiger partial charge on any atom is 0.229 e. The van der Waals surface area contributed by atoms with Crippen LogP contribution in [-0.4, -0.2) is 29.0 Å². The number of anilines is 2. The molecule has 1 heterocycles. The summed E-state index contributed by atoms with van der Waals surface area (Å²) in [6.07, 6.45) is 0. The Morgan fingerprint density at radius 3 is 2.71 bits per heavy atom. The fourth-order valence-corrected chi connectivity index (χ4v) is 0.791. The molecule has 0 saturated carbocycles. The third-order valence-corrected chi connectivity index (χ3v) is 1.36. The molecule has 0 aliphatic carbocycles. The number of hydrogen-bond acceptors (Lipinski definition) is 6. The zero-order valence-corrected chi connectivity index (χ0v) is 7.91. The quantitative estimate of drug-likeness (QED) is 0.422. The van der Waals surface area contributed by atoms with Crippen molar-refractivity contribution in [2.45, 2.75) is 6.54 Å². The van der Waals surface area contributed by atoms with Gasteiger partial charge in [0.2, 0.25) is 11.9 Å². The van der Waals surface area contributed by atoms with Gasteiger partial charge in [-0.1, -0.05) is 5.11 Å². The first-order valence-electron chi connectivity index (χ1n) is 3.82. The lowest BCUT2D eigenvalue weighted by molar-refractivity contribution is 0.855. The van der Waals surface area contributed by atoms with Crippen molar-refractivity contribution in [2.24, 2.45) is 5.11 Å². The van der Waals surface area contributed by atoms with Crippen molar-refractivity contribution in [1.82, 2.24) is 15.0 Å². The Hall–Kier alpha value is -2.08. The Morgan fingerprint density at radius 1 is 1.43 bits per heavy atom. The van der Waals surface area contributed by atoms with E-state index in [0.29, 0.717) is 11.8 Å². The van der Waals surface area contributed by atoms with E-state index >= 15 is 0 Å². The van der Waals surface area contributed by atoms with Crippen molar-refractivity contribution in [3.8, 4) is 0 Å². The highest BCUT2D eigenvalue weighted by Crippen LogP contribution is 2.06. The fraction of sp³-hybridized carbons (Fsp3) is 0.500. The zero-order chi connectivity index (χ0) is 10.6. The number of aromatic nitrogens is 3. The average Bonchev–Trinajstić information content (AvgIpc) is 2.14. The summed E-state index contributed by atoms with van der Waals surface area (Å²) in [4.78, 5) is 16.0. The molecule has 0 bridgehead atoms. The summed E-state index contributed by atoms with van der Waals surface area (Å²) in [7, 11) is 3.57. The third-order valence-electron chi connectivity index (χ3n) is 1.36. The number of nitrogens with zero attached hydrogens (tertiary/aromatic N) is 7. The molecule has 0 fully saturated rings. The Morgan fingerprint density at radius 2 is 2.14 bits per heavy atom. The highest BCUT2D eigenvalue weighted by atomic mass is 15.3. The van der Waals surface area contributed by atoms with Crippen LogP contribution >= 0.6 is 0 Å². The summed E-state index contributed by atoms with van der Waals surface area (Å²) < 4.78 is 0. The van der Waals surface area contributed by atoms with Crippen molar-refractivity contribution in [3.05, 3.63) is 16.3 Å². The van der Waals surface area contributed by atoms with Crippen LogP contribution in [0.25, 0.3) is 10.4 Å². The third kappa shape index (κ3) is 2.46. The van der Waals surface area contributed by atoms with Crippen molar-refractivity contribution in [1.29, 1.82) is 0 Å².